The van der Waals surface area contributed by atoms with Gasteiger partial charge in [0, 0.05) is 10.0 Å². The smallest absolute Gasteiger partial charge is 0.505 e. The van der Waals surface area contributed by atoms with Crippen LogP contribution in [-0.2, 0) is 0 Å². The van der Waals surface area contributed by atoms with Crippen molar-refractivity contribution in [3.8, 4) is 22.6 Å². The quantitative estimate of drug-likeness (QED) is 0.116. The number of hydrogen-bond acceptors (Lipinski definition) is 3. The number of halogens is 5. The normalized spacial score (nSPS) is 11.0. The molecule has 0 saturated carbocycles. The monoisotopic (exact) mass is 938 g/mol. The van der Waals surface area contributed by atoms with Gasteiger partial charge >= 0.3 is 46.7 Å². The molecule has 11 heteroatoms. The van der Waals surface area contributed by atoms with E-state index in [2.05, 4.69) is 15.9 Å². The molecule has 4 aromatic rings. The van der Waals surface area contributed by atoms with Gasteiger partial charge < -0.3 is 15.3 Å². The number of aromatic hydroxyl groups is 2. The molecule has 0 spiro atoms. The average molecular weight is 939 g/mol. The molecule has 0 atom stereocenters. The van der Waals surface area contributed by atoms with Gasteiger partial charge in [0.2, 0.25) is 0 Å². The summed E-state index contributed by atoms with van der Waals surface area (Å²) in [5, 5.41) is 32.1. The van der Waals surface area contributed by atoms with Crippen LogP contribution in [0, 0.1) is 14.3 Å². The van der Waals surface area contributed by atoms with Crippen LogP contribution in [0.25, 0.3) is 33.1 Å². The maximum Gasteiger partial charge on any atom is 1.00 e. The van der Waals surface area contributed by atoms with Crippen molar-refractivity contribution in [1.82, 2.24) is 0 Å². The van der Waals surface area contributed by atoms with Crippen molar-refractivity contribution < 1.29 is 54.1 Å². The number of carboxylic acid groups (broad SMARTS) is 1. The molecule has 3 N–H and O–H groups in total. The number of phenols is 2. The Balaban J connectivity index is 0.00000272. The average Bonchev–Trinajstić information content (AvgIpc) is 2.70. The second kappa shape index (κ2) is 10.2. The van der Waals surface area contributed by atoms with Gasteiger partial charge in [-0.15, -0.1) is 0 Å². The summed E-state index contributed by atoms with van der Waals surface area (Å²) in [6.07, 6.45) is 0. The third-order valence-electron chi connectivity index (χ3n) is 4.52. The van der Waals surface area contributed by atoms with Crippen LogP contribution in [0.2, 0.25) is 0 Å². The molecule has 0 radical (unpaired) electrons. The van der Waals surface area contributed by atoms with E-state index in [1.807, 2.05) is 90.4 Å². The van der Waals surface area contributed by atoms with E-state index < -0.39 is 5.97 Å². The van der Waals surface area contributed by atoms with Crippen molar-refractivity contribution >= 4 is 134 Å². The van der Waals surface area contributed by atoms with E-state index >= 15 is 0 Å². The molecule has 0 fully saturated rings. The summed E-state index contributed by atoms with van der Waals surface area (Å²) in [6.45, 7) is 0. The number of benzene rings is 3. The molecule has 5 nitrogen and oxygen atoms in total. The van der Waals surface area contributed by atoms with Crippen molar-refractivity contribution in [1.29, 1.82) is 0 Å². The first-order valence-electron chi connectivity index (χ1n) is 8.12. The number of carbonyl (C=O) groups is 1. The van der Waals surface area contributed by atoms with Crippen molar-refractivity contribution in [2.24, 2.45) is 0 Å². The third kappa shape index (κ3) is 4.69. The maximum absolute atomic E-state index is 12.1. The predicted molar refractivity (Wildman–Crippen MR) is 152 cm³/mol. The topological polar surface area (TPSA) is 89.1 Å². The fourth-order valence-corrected chi connectivity index (χ4v) is 7.14. The van der Waals surface area contributed by atoms with Gasteiger partial charge in [-0.1, -0.05) is 22.0 Å². The Kier molecular flexibility index (Phi) is 8.68. The second-order valence-corrected chi connectivity index (χ2v) is 11.7. The summed E-state index contributed by atoms with van der Waals surface area (Å²) in [5.74, 6) is -0.867. The fourth-order valence-electron chi connectivity index (χ4n) is 3.20. The molecule has 31 heavy (non-hydrogen) atoms. The van der Waals surface area contributed by atoms with Gasteiger partial charge in [-0.25, -0.2) is 9.21 Å². The molecule has 0 aliphatic heterocycles. The zero-order valence-electron chi connectivity index (χ0n) is 15.4. The minimum atomic E-state index is -1.06. The summed E-state index contributed by atoms with van der Waals surface area (Å²) in [5.41, 5.74) is 2.17. The molecule has 0 aliphatic carbocycles. The van der Waals surface area contributed by atoms with Gasteiger partial charge in [0.25, 0.3) is 0 Å². The minimum Gasteiger partial charge on any atom is -0.505 e. The molecule has 4 rings (SSSR count). The molecule has 0 bridgehead atoms. The first-order chi connectivity index (χ1) is 14.1. The van der Waals surface area contributed by atoms with Crippen LogP contribution < -0.4 is 29.6 Å². The van der Waals surface area contributed by atoms with Crippen molar-refractivity contribution in [3.05, 3.63) is 54.6 Å². The van der Waals surface area contributed by atoms with Gasteiger partial charge in [-0.2, -0.15) is 0 Å². The van der Waals surface area contributed by atoms with Gasteiger partial charge in [0.1, 0.15) is 0 Å². The van der Waals surface area contributed by atoms with Gasteiger partial charge in [0.05, 0.1) is 23.5 Å². The van der Waals surface area contributed by atoms with E-state index in [9.17, 15) is 20.1 Å². The van der Waals surface area contributed by atoms with E-state index in [1.165, 1.54) is 0 Å². The first-order valence-corrected chi connectivity index (χ1v) is 13.2. The number of fused-ring (bicyclic) bond motifs is 2. The van der Waals surface area contributed by atoms with Crippen molar-refractivity contribution in [2.75, 3.05) is 0 Å². The summed E-state index contributed by atoms with van der Waals surface area (Å²) >= 11 is 11.5. The van der Waals surface area contributed by atoms with E-state index in [0.29, 0.717) is 51.8 Å². The first kappa shape index (κ1) is 26.4. The third-order valence-corrected chi connectivity index (χ3v) is 8.66. The maximum atomic E-state index is 12.1. The summed E-state index contributed by atoms with van der Waals surface area (Å²) in [6, 6.07) is 8.67. The van der Waals surface area contributed by atoms with Crippen LogP contribution >= 0.6 is 106 Å². The standard InChI is InChI=1S/C20H7BrI4O5.Na/c21-6-1-2-7(8(3-6)20(28)29)13-9-4-11(22)16(26)14(24)18(9)30-19-10(13)5-12(23)17(27)15(19)25;/h1-5H,(H2-,26,27,28,29);/q;+1/p+1. The largest absolute Gasteiger partial charge is 1.00 e. The van der Waals surface area contributed by atoms with Crippen LogP contribution in [0.3, 0.4) is 0 Å². The molecule has 0 unspecified atom stereocenters. The number of rotatable bonds is 2. The predicted octanol–water partition coefficient (Wildman–Crippen LogP) is 4.83. The SMILES string of the molecule is O=C(O)c1cc(Br)ccc1-c1c2cc(I)c(O)c(I)c2[o+]c2c(I)c(O)c(I)cc12.[Na+]. The summed E-state index contributed by atoms with van der Waals surface area (Å²) in [4.78, 5) is 12.1. The summed E-state index contributed by atoms with van der Waals surface area (Å²) in [7, 11) is 0. The van der Waals surface area contributed by atoms with Crippen LogP contribution in [-0.4, -0.2) is 21.3 Å². The van der Waals surface area contributed by atoms with Crippen molar-refractivity contribution in [2.45, 2.75) is 0 Å². The van der Waals surface area contributed by atoms with Crippen LogP contribution in [0.1, 0.15) is 10.4 Å². The Morgan fingerprint density at radius 2 is 1.35 bits per heavy atom. The Hall–Kier alpha value is 0.800. The van der Waals surface area contributed by atoms with Crippen molar-refractivity contribution in [3.63, 3.8) is 0 Å². The number of phenolic OH excluding ortho intramolecular Hbond substituents is 2. The molecule has 0 aliphatic rings. The molecule has 1 heterocycles. The van der Waals surface area contributed by atoms with Gasteiger partial charge in [-0.3, -0.25) is 0 Å². The Morgan fingerprint density at radius 3 is 1.81 bits per heavy atom. The van der Waals surface area contributed by atoms with E-state index in [4.69, 9.17) is 4.42 Å². The zero-order chi connectivity index (χ0) is 21.9. The van der Waals surface area contributed by atoms with Crippen LogP contribution in [0.15, 0.2) is 39.2 Å². The fraction of sp³-hybridized carbons (Fsp3) is 0. The van der Waals surface area contributed by atoms with Gasteiger partial charge in [0.15, 0.2) is 18.6 Å². The Labute approximate surface area is 261 Å². The molecule has 0 saturated heterocycles. The summed E-state index contributed by atoms with van der Waals surface area (Å²) < 4.78 is 9.10. The molecule has 3 aromatic carbocycles. The molecule has 152 valence electrons. The van der Waals surface area contributed by atoms with E-state index in [0.717, 1.165) is 0 Å². The second-order valence-electron chi connectivity index (χ2n) is 6.27. The zero-order valence-corrected chi connectivity index (χ0v) is 27.7. The number of hydrogen-bond donors (Lipinski definition) is 3. The van der Waals surface area contributed by atoms with Crippen LogP contribution in [0.4, 0.5) is 0 Å². The molecule has 1 aromatic heterocycles. The van der Waals surface area contributed by atoms with E-state index in [1.54, 1.807) is 30.3 Å². The Morgan fingerprint density at radius 1 is 0.871 bits per heavy atom. The molecular weight excluding hydrogens is 931 g/mol. The van der Waals surface area contributed by atoms with Crippen LogP contribution in [0.5, 0.6) is 11.5 Å². The Bertz CT molecular complexity index is 1340. The van der Waals surface area contributed by atoms with Gasteiger partial charge in [-0.05, 0) is 120 Å². The molecule has 0 amide bonds. The number of carboxylic acids is 1. The molecular formula is C20H8BrI4NaO5+2. The minimum absolute atomic E-state index is 0. The number of aromatic carboxylic acids is 1. The van der Waals surface area contributed by atoms with E-state index in [-0.39, 0.29) is 46.6 Å².